The molecule has 2 fully saturated rings. The van der Waals surface area contributed by atoms with Gasteiger partial charge in [0, 0.05) is 50.9 Å². The van der Waals surface area contributed by atoms with Crippen LogP contribution in [0.1, 0.15) is 18.4 Å². The van der Waals surface area contributed by atoms with E-state index >= 15 is 0 Å². The van der Waals surface area contributed by atoms with Gasteiger partial charge in [-0.05, 0) is 36.7 Å². The lowest BCUT2D eigenvalue weighted by Gasteiger charge is -2.37. The maximum absolute atomic E-state index is 5.59. The number of piperazine rings is 1. The van der Waals surface area contributed by atoms with Crippen molar-refractivity contribution in [1.29, 1.82) is 0 Å². The van der Waals surface area contributed by atoms with Gasteiger partial charge in [0.1, 0.15) is 5.75 Å². The van der Waals surface area contributed by atoms with Crippen molar-refractivity contribution >= 4 is 0 Å². The molecule has 3 aliphatic rings. The van der Waals surface area contributed by atoms with Gasteiger partial charge >= 0.3 is 0 Å². The third kappa shape index (κ3) is 3.94. The average molecular weight is 373 g/mol. The molecule has 1 saturated carbocycles. The number of benzene rings is 1. The van der Waals surface area contributed by atoms with Crippen molar-refractivity contribution in [2.75, 3.05) is 54.1 Å². The van der Waals surface area contributed by atoms with Crippen LogP contribution in [0.15, 0.2) is 24.3 Å². The van der Waals surface area contributed by atoms with Crippen LogP contribution in [-0.4, -0.2) is 63.9 Å². The van der Waals surface area contributed by atoms with Gasteiger partial charge in [-0.2, -0.15) is 0 Å². The molecule has 0 N–H and O–H groups in total. The van der Waals surface area contributed by atoms with Crippen LogP contribution in [0.25, 0.3) is 0 Å². The zero-order valence-electron chi connectivity index (χ0n) is 16.8. The fourth-order valence-electron chi connectivity index (χ4n) is 5.02. The molecule has 4 rings (SSSR count). The number of hydrogen-bond acceptors (Lipinski definition) is 5. The predicted octanol–water partition coefficient (Wildman–Crippen LogP) is 3.04. The number of allylic oxidation sites excluding steroid dienone is 2. The number of hydrogen-bond donors (Lipinski definition) is 0. The van der Waals surface area contributed by atoms with E-state index in [0.29, 0.717) is 5.75 Å². The summed E-state index contributed by atoms with van der Waals surface area (Å²) < 4.78 is 16.4. The van der Waals surface area contributed by atoms with Crippen molar-refractivity contribution in [3.05, 3.63) is 29.8 Å². The van der Waals surface area contributed by atoms with Crippen LogP contribution in [0, 0.1) is 17.8 Å². The third-order valence-corrected chi connectivity index (χ3v) is 6.55. The number of fused-ring (bicyclic) bond motifs is 2. The van der Waals surface area contributed by atoms with E-state index in [4.69, 9.17) is 14.2 Å². The number of ether oxygens (including phenoxy) is 3. The predicted molar refractivity (Wildman–Crippen MR) is 107 cm³/mol. The summed E-state index contributed by atoms with van der Waals surface area (Å²) >= 11 is 0. The molecule has 148 valence electrons. The quantitative estimate of drug-likeness (QED) is 0.687. The van der Waals surface area contributed by atoms with Crippen LogP contribution in [0.5, 0.6) is 17.2 Å². The second-order valence-corrected chi connectivity index (χ2v) is 8.14. The van der Waals surface area contributed by atoms with Gasteiger partial charge < -0.3 is 19.1 Å². The Morgan fingerprint density at radius 1 is 0.815 bits per heavy atom. The van der Waals surface area contributed by atoms with Gasteiger partial charge in [0.2, 0.25) is 0 Å². The van der Waals surface area contributed by atoms with Crippen LogP contribution in [0.4, 0.5) is 0 Å². The molecule has 1 heterocycles. The summed E-state index contributed by atoms with van der Waals surface area (Å²) in [5.41, 5.74) is 1.15. The normalized spacial score (nSPS) is 27.9. The van der Waals surface area contributed by atoms with E-state index in [0.717, 1.165) is 67.5 Å². The highest BCUT2D eigenvalue weighted by molar-refractivity contribution is 5.50. The summed E-state index contributed by atoms with van der Waals surface area (Å²) in [6.07, 6.45) is 7.72. The largest absolute Gasteiger partial charge is 0.496 e. The number of rotatable bonds is 7. The Hall–Kier alpha value is -1.72. The molecular formula is C22H32N2O3. The molecule has 0 radical (unpaired) electrons. The van der Waals surface area contributed by atoms with Crippen molar-refractivity contribution < 1.29 is 14.2 Å². The molecule has 5 nitrogen and oxygen atoms in total. The lowest BCUT2D eigenvalue weighted by Crippen LogP contribution is -2.47. The van der Waals surface area contributed by atoms with Gasteiger partial charge in [-0.1, -0.05) is 12.2 Å². The minimum atomic E-state index is 0.711. The van der Waals surface area contributed by atoms with E-state index in [9.17, 15) is 0 Å². The molecule has 0 amide bonds. The molecule has 1 saturated heterocycles. The summed E-state index contributed by atoms with van der Waals surface area (Å²) in [6, 6.07) is 3.97. The molecule has 0 spiro atoms. The highest BCUT2D eigenvalue weighted by atomic mass is 16.5. The van der Waals surface area contributed by atoms with E-state index in [2.05, 4.69) is 22.0 Å². The second kappa shape index (κ2) is 8.11. The molecule has 1 aromatic rings. The van der Waals surface area contributed by atoms with E-state index in [1.165, 1.54) is 19.4 Å². The Balaban J connectivity index is 1.33. The molecule has 2 aliphatic carbocycles. The molecule has 0 aromatic heterocycles. The summed E-state index contributed by atoms with van der Waals surface area (Å²) in [7, 11) is 5.05. The minimum Gasteiger partial charge on any atom is -0.496 e. The Labute approximate surface area is 162 Å². The first kappa shape index (κ1) is 18.6. The summed E-state index contributed by atoms with van der Waals surface area (Å²) in [5.74, 6) is 4.95. The van der Waals surface area contributed by atoms with Crippen molar-refractivity contribution in [1.82, 2.24) is 9.80 Å². The average Bonchev–Trinajstić information content (AvgIpc) is 3.32. The van der Waals surface area contributed by atoms with Crippen molar-refractivity contribution in [2.24, 2.45) is 17.8 Å². The first-order valence-electron chi connectivity index (χ1n) is 10.1. The van der Waals surface area contributed by atoms with E-state index < -0.39 is 0 Å². The van der Waals surface area contributed by atoms with Crippen molar-refractivity contribution in [3.63, 3.8) is 0 Å². The van der Waals surface area contributed by atoms with Gasteiger partial charge in [0.25, 0.3) is 0 Å². The van der Waals surface area contributed by atoms with E-state index in [1.807, 2.05) is 12.1 Å². The molecule has 1 aliphatic heterocycles. The maximum atomic E-state index is 5.59. The monoisotopic (exact) mass is 372 g/mol. The van der Waals surface area contributed by atoms with E-state index in [1.54, 1.807) is 21.3 Å². The zero-order valence-corrected chi connectivity index (χ0v) is 16.8. The maximum Gasteiger partial charge on any atom is 0.164 e. The van der Waals surface area contributed by atoms with Gasteiger partial charge in [-0.3, -0.25) is 4.90 Å². The Kier molecular flexibility index (Phi) is 5.60. The third-order valence-electron chi connectivity index (χ3n) is 6.55. The summed E-state index contributed by atoms with van der Waals surface area (Å²) in [6.45, 7) is 6.69. The lowest BCUT2D eigenvalue weighted by atomic mass is 9.93. The zero-order chi connectivity index (χ0) is 18.8. The molecule has 5 heteroatoms. The van der Waals surface area contributed by atoms with Crippen molar-refractivity contribution in [3.8, 4) is 17.2 Å². The summed E-state index contributed by atoms with van der Waals surface area (Å²) in [4.78, 5) is 5.18. The minimum absolute atomic E-state index is 0.711. The first-order chi connectivity index (χ1) is 13.2. The highest BCUT2D eigenvalue weighted by Gasteiger charge is 2.36. The smallest absolute Gasteiger partial charge is 0.164 e. The SMILES string of the molecule is COc1cc(OC)c(OC)cc1CN1CCN(C[C@@H]2C[C@@H]3C=C[C@H]2C3)CC1. The highest BCUT2D eigenvalue weighted by Crippen LogP contribution is 2.43. The van der Waals surface area contributed by atoms with Crippen LogP contribution < -0.4 is 14.2 Å². The van der Waals surface area contributed by atoms with Crippen LogP contribution in [0.3, 0.4) is 0 Å². The molecular weight excluding hydrogens is 340 g/mol. The Morgan fingerprint density at radius 2 is 1.48 bits per heavy atom. The molecule has 1 aromatic carbocycles. The van der Waals surface area contributed by atoms with Gasteiger partial charge in [-0.25, -0.2) is 0 Å². The first-order valence-corrected chi connectivity index (χ1v) is 10.1. The second-order valence-electron chi connectivity index (χ2n) is 8.14. The molecule has 0 unspecified atom stereocenters. The standard InChI is InChI=1S/C22H32N2O3/c1-25-20-13-22(27-3)21(26-2)12-19(20)15-24-8-6-23(7-9-24)14-18-11-16-4-5-17(18)10-16/h4-5,12-13,16-18H,6-11,14-15H2,1-3H3/t16-,17+,18+/m1/s1. The number of nitrogens with zero attached hydrogens (tertiary/aromatic N) is 2. The van der Waals surface area contributed by atoms with Crippen LogP contribution in [0.2, 0.25) is 0 Å². The van der Waals surface area contributed by atoms with Crippen LogP contribution >= 0.6 is 0 Å². The van der Waals surface area contributed by atoms with Gasteiger partial charge in [0.15, 0.2) is 11.5 Å². The summed E-state index contributed by atoms with van der Waals surface area (Å²) in [5, 5.41) is 0. The fraction of sp³-hybridized carbons (Fsp3) is 0.636. The Bertz CT molecular complexity index is 682. The molecule has 27 heavy (non-hydrogen) atoms. The molecule has 2 bridgehead atoms. The van der Waals surface area contributed by atoms with Crippen molar-refractivity contribution in [2.45, 2.75) is 19.4 Å². The van der Waals surface area contributed by atoms with Gasteiger partial charge in [0.05, 0.1) is 21.3 Å². The van der Waals surface area contributed by atoms with Crippen LogP contribution in [-0.2, 0) is 6.54 Å². The fourth-order valence-corrected chi connectivity index (χ4v) is 5.02. The molecule has 3 atom stereocenters. The lowest BCUT2D eigenvalue weighted by molar-refractivity contribution is 0.108. The Morgan fingerprint density at radius 3 is 2.07 bits per heavy atom. The topological polar surface area (TPSA) is 34.2 Å². The van der Waals surface area contributed by atoms with Gasteiger partial charge in [-0.15, -0.1) is 0 Å². The van der Waals surface area contributed by atoms with E-state index in [-0.39, 0.29) is 0 Å². The number of methoxy groups -OCH3 is 3.